The van der Waals surface area contributed by atoms with Crippen LogP contribution in [0.1, 0.15) is 59.5 Å². The van der Waals surface area contributed by atoms with Crippen LogP contribution in [0.2, 0.25) is 0 Å². The number of nitrogens with zero attached hydrogens (tertiary/aromatic N) is 1. The number of carbonyl (C=O) groups is 1. The fraction of sp³-hybridized carbons (Fsp3) is 0.250. The van der Waals surface area contributed by atoms with Crippen molar-refractivity contribution in [3.63, 3.8) is 0 Å². The van der Waals surface area contributed by atoms with E-state index < -0.39 is 0 Å². The zero-order valence-corrected chi connectivity index (χ0v) is 16.4. The third-order valence-electron chi connectivity index (χ3n) is 5.27. The number of hydrogen-bond acceptors (Lipinski definition) is 3. The number of aromatic nitrogens is 1. The Bertz CT molecular complexity index is 1030. The Labute approximate surface area is 165 Å². The third kappa shape index (κ3) is 3.38. The smallest absolute Gasteiger partial charge is 0.251 e. The van der Waals surface area contributed by atoms with E-state index in [4.69, 9.17) is 4.74 Å². The molecule has 28 heavy (non-hydrogen) atoms. The van der Waals surface area contributed by atoms with E-state index in [-0.39, 0.29) is 18.1 Å². The summed E-state index contributed by atoms with van der Waals surface area (Å²) in [6.07, 6.45) is 4.27. The summed E-state index contributed by atoms with van der Waals surface area (Å²) < 4.78 is 6.11. The number of ether oxygens (including phenoxy) is 1. The monoisotopic (exact) mass is 372 g/mol. The van der Waals surface area contributed by atoms with Gasteiger partial charge in [0, 0.05) is 22.9 Å². The van der Waals surface area contributed by atoms with Crippen LogP contribution in [0.5, 0.6) is 5.75 Å². The molecule has 0 bridgehead atoms. The van der Waals surface area contributed by atoms with Crippen LogP contribution in [0.3, 0.4) is 0 Å². The van der Waals surface area contributed by atoms with Crippen LogP contribution in [0.25, 0.3) is 11.1 Å². The number of pyridine rings is 1. The van der Waals surface area contributed by atoms with Crippen LogP contribution in [0.15, 0.2) is 60.9 Å². The lowest BCUT2D eigenvalue weighted by molar-refractivity contribution is 0.0939. The highest BCUT2D eigenvalue weighted by atomic mass is 16.5. The van der Waals surface area contributed by atoms with Gasteiger partial charge in [-0.05, 0) is 49.6 Å². The van der Waals surface area contributed by atoms with Crippen molar-refractivity contribution in [3.05, 3.63) is 83.2 Å². The second kappa shape index (κ2) is 7.47. The molecule has 2 aromatic carbocycles. The molecule has 0 aliphatic carbocycles. The quantitative estimate of drug-likeness (QED) is 0.668. The van der Waals surface area contributed by atoms with Gasteiger partial charge in [0.15, 0.2) is 0 Å². The summed E-state index contributed by atoms with van der Waals surface area (Å²) in [6, 6.07) is 16.0. The summed E-state index contributed by atoms with van der Waals surface area (Å²) in [6.45, 7) is 6.15. The molecule has 142 valence electrons. The van der Waals surface area contributed by atoms with Crippen molar-refractivity contribution in [1.82, 2.24) is 10.3 Å². The number of carbonyl (C=O) groups excluding carboxylic acids is 1. The number of nitrogens with one attached hydrogen (secondary N) is 1. The fourth-order valence-corrected chi connectivity index (χ4v) is 3.73. The standard InChI is InChI=1S/C24H24N2O2/c1-4-22-21-13-18(8-9-19(21)20-10-11-25-14-23(20)28-22)24(27)26-16(3)17-7-5-6-15(2)12-17/h5-14,16,22H,4H2,1-3H3,(H,26,27). The van der Waals surface area contributed by atoms with Crippen molar-refractivity contribution in [1.29, 1.82) is 0 Å². The van der Waals surface area contributed by atoms with Gasteiger partial charge in [0.2, 0.25) is 0 Å². The number of amides is 1. The first-order chi connectivity index (χ1) is 13.6. The largest absolute Gasteiger partial charge is 0.483 e. The van der Waals surface area contributed by atoms with Crippen LogP contribution in [0, 0.1) is 6.92 Å². The number of fused-ring (bicyclic) bond motifs is 3. The fourth-order valence-electron chi connectivity index (χ4n) is 3.73. The number of rotatable bonds is 4. The van der Waals surface area contributed by atoms with Gasteiger partial charge in [-0.25, -0.2) is 0 Å². The molecule has 0 fully saturated rings. The maximum atomic E-state index is 12.9. The van der Waals surface area contributed by atoms with Gasteiger partial charge >= 0.3 is 0 Å². The molecule has 1 aliphatic rings. The third-order valence-corrected chi connectivity index (χ3v) is 5.27. The van der Waals surface area contributed by atoms with Crippen LogP contribution in [0.4, 0.5) is 0 Å². The molecule has 0 spiro atoms. The Morgan fingerprint density at radius 1 is 1.18 bits per heavy atom. The van der Waals surface area contributed by atoms with Crippen LogP contribution in [-0.4, -0.2) is 10.9 Å². The van der Waals surface area contributed by atoms with E-state index in [0.717, 1.165) is 34.4 Å². The second-order valence-electron chi connectivity index (χ2n) is 7.30. The Morgan fingerprint density at radius 3 is 2.82 bits per heavy atom. The molecule has 0 saturated carbocycles. The summed E-state index contributed by atoms with van der Waals surface area (Å²) in [5.74, 6) is 0.722. The summed E-state index contributed by atoms with van der Waals surface area (Å²) in [4.78, 5) is 17.0. The van der Waals surface area contributed by atoms with Gasteiger partial charge in [-0.2, -0.15) is 0 Å². The van der Waals surface area contributed by atoms with Gasteiger partial charge in [-0.1, -0.05) is 42.8 Å². The molecule has 2 atom stereocenters. The van der Waals surface area contributed by atoms with Gasteiger partial charge in [-0.3, -0.25) is 9.78 Å². The number of benzene rings is 2. The molecule has 4 heteroatoms. The first kappa shape index (κ1) is 18.2. The van der Waals surface area contributed by atoms with Crippen molar-refractivity contribution in [3.8, 4) is 16.9 Å². The maximum Gasteiger partial charge on any atom is 0.251 e. The molecular formula is C24H24N2O2. The molecule has 0 saturated heterocycles. The molecule has 0 radical (unpaired) electrons. The second-order valence-corrected chi connectivity index (χ2v) is 7.30. The van der Waals surface area contributed by atoms with Crippen LogP contribution < -0.4 is 10.1 Å². The van der Waals surface area contributed by atoms with Gasteiger partial charge in [0.1, 0.15) is 11.9 Å². The zero-order chi connectivity index (χ0) is 19.7. The van der Waals surface area contributed by atoms with E-state index in [1.165, 1.54) is 5.56 Å². The minimum absolute atomic E-state index is 0.0616. The van der Waals surface area contributed by atoms with Gasteiger partial charge in [0.05, 0.1) is 12.2 Å². The first-order valence-electron chi connectivity index (χ1n) is 9.69. The summed E-state index contributed by atoms with van der Waals surface area (Å²) >= 11 is 0. The number of aryl methyl sites for hydroxylation is 1. The predicted molar refractivity (Wildman–Crippen MR) is 110 cm³/mol. The Morgan fingerprint density at radius 2 is 2.04 bits per heavy atom. The molecule has 4 rings (SSSR count). The lowest BCUT2D eigenvalue weighted by atomic mass is 9.90. The van der Waals surface area contributed by atoms with Gasteiger partial charge in [-0.15, -0.1) is 0 Å². The van der Waals surface area contributed by atoms with Gasteiger partial charge < -0.3 is 10.1 Å². The highest BCUT2D eigenvalue weighted by Gasteiger charge is 2.26. The highest BCUT2D eigenvalue weighted by Crippen LogP contribution is 2.43. The minimum atomic E-state index is -0.0767. The topological polar surface area (TPSA) is 51.2 Å². The molecule has 1 aromatic heterocycles. The average Bonchev–Trinajstić information content (AvgIpc) is 2.72. The molecule has 1 N–H and O–H groups in total. The van der Waals surface area contributed by atoms with Crippen molar-refractivity contribution < 1.29 is 9.53 Å². The summed E-state index contributed by atoms with van der Waals surface area (Å²) in [7, 11) is 0. The van der Waals surface area contributed by atoms with E-state index >= 15 is 0 Å². The Kier molecular flexibility index (Phi) is 4.86. The van der Waals surface area contributed by atoms with E-state index in [2.05, 4.69) is 36.3 Å². The van der Waals surface area contributed by atoms with Crippen LogP contribution in [-0.2, 0) is 0 Å². The van der Waals surface area contributed by atoms with E-state index in [9.17, 15) is 4.79 Å². The molecule has 1 amide bonds. The van der Waals surface area contributed by atoms with Crippen molar-refractivity contribution in [2.75, 3.05) is 0 Å². The molecule has 2 unspecified atom stereocenters. The molecule has 4 nitrogen and oxygen atoms in total. The van der Waals surface area contributed by atoms with Crippen molar-refractivity contribution in [2.24, 2.45) is 0 Å². The zero-order valence-electron chi connectivity index (χ0n) is 16.4. The van der Waals surface area contributed by atoms with Crippen molar-refractivity contribution >= 4 is 5.91 Å². The normalized spacial score (nSPS) is 15.8. The molecular weight excluding hydrogens is 348 g/mol. The van der Waals surface area contributed by atoms with Crippen LogP contribution >= 0.6 is 0 Å². The highest BCUT2D eigenvalue weighted by molar-refractivity contribution is 5.95. The molecule has 2 heterocycles. The lowest BCUT2D eigenvalue weighted by Gasteiger charge is -2.28. The maximum absolute atomic E-state index is 12.9. The summed E-state index contributed by atoms with van der Waals surface area (Å²) in [5, 5.41) is 3.11. The van der Waals surface area contributed by atoms with E-state index in [0.29, 0.717) is 5.56 Å². The number of hydrogen-bond donors (Lipinski definition) is 1. The van der Waals surface area contributed by atoms with Gasteiger partial charge in [0.25, 0.3) is 5.91 Å². The lowest BCUT2D eigenvalue weighted by Crippen LogP contribution is -2.27. The first-order valence-corrected chi connectivity index (χ1v) is 9.69. The van der Waals surface area contributed by atoms with E-state index in [1.807, 2.05) is 43.3 Å². The Hall–Kier alpha value is -3.14. The predicted octanol–water partition coefficient (Wildman–Crippen LogP) is 5.39. The average molecular weight is 372 g/mol. The minimum Gasteiger partial charge on any atom is -0.483 e. The molecule has 1 aliphatic heterocycles. The SMILES string of the molecule is CCC1Oc2cnccc2-c2ccc(C(=O)NC(C)c3cccc(C)c3)cc21. The Balaban J connectivity index is 1.62. The summed E-state index contributed by atoms with van der Waals surface area (Å²) in [5.41, 5.74) is 6.12. The van der Waals surface area contributed by atoms with E-state index in [1.54, 1.807) is 12.4 Å². The van der Waals surface area contributed by atoms with Crippen molar-refractivity contribution in [2.45, 2.75) is 39.3 Å². The molecule has 3 aromatic rings.